The van der Waals surface area contributed by atoms with Gasteiger partial charge in [-0.25, -0.2) is 0 Å². The van der Waals surface area contributed by atoms with Crippen molar-refractivity contribution in [3.63, 3.8) is 0 Å². The number of fused-ring (bicyclic) bond motifs is 1. The first-order valence-electron chi connectivity index (χ1n) is 10.2. The van der Waals surface area contributed by atoms with Crippen LogP contribution in [0.25, 0.3) is 0 Å². The van der Waals surface area contributed by atoms with Crippen LogP contribution in [-0.4, -0.2) is 47.8 Å². The number of carbonyl (C=O) groups excluding carboxylic acids is 1. The lowest BCUT2D eigenvalue weighted by molar-refractivity contribution is -0.132. The zero-order valence-corrected chi connectivity index (χ0v) is 17.2. The van der Waals surface area contributed by atoms with E-state index in [0.717, 1.165) is 29.7 Å². The summed E-state index contributed by atoms with van der Waals surface area (Å²) in [5.74, 6) is 0.179. The monoisotopic (exact) mass is 414 g/mol. The van der Waals surface area contributed by atoms with E-state index < -0.39 is 6.10 Å². The Kier molecular flexibility index (Phi) is 6.38. The van der Waals surface area contributed by atoms with Crippen LogP contribution in [0.3, 0.4) is 0 Å². The summed E-state index contributed by atoms with van der Waals surface area (Å²) in [7, 11) is 0. The fourth-order valence-corrected chi connectivity index (χ4v) is 4.05. The predicted molar refractivity (Wildman–Crippen MR) is 114 cm³/mol. The summed E-state index contributed by atoms with van der Waals surface area (Å²) in [4.78, 5) is 16.8. The van der Waals surface area contributed by atoms with Gasteiger partial charge in [-0.3, -0.25) is 4.79 Å². The van der Waals surface area contributed by atoms with Gasteiger partial charge in [0, 0.05) is 42.8 Å². The maximum Gasteiger partial charge on any atom is 0.224 e. The van der Waals surface area contributed by atoms with Gasteiger partial charge >= 0.3 is 0 Å². The van der Waals surface area contributed by atoms with E-state index >= 15 is 0 Å². The van der Waals surface area contributed by atoms with E-state index in [1.54, 1.807) is 0 Å². The standard InChI is InChI=1S/C23H27ClN2O3/c24-19-6-9-22-18(12-19)13-26(20-7-8-20)23(28)10-11-25(22)14-21(27)16-29-15-17-4-2-1-3-5-17/h1-6,9,12,20-21,27H,7-8,10-11,13-16H2/t21-/m1/s1. The molecule has 1 saturated carbocycles. The number of anilines is 1. The van der Waals surface area contributed by atoms with Crippen molar-refractivity contribution in [2.24, 2.45) is 0 Å². The Morgan fingerprint density at radius 1 is 1.17 bits per heavy atom. The summed E-state index contributed by atoms with van der Waals surface area (Å²) in [6.07, 6.45) is 1.98. The van der Waals surface area contributed by atoms with Crippen LogP contribution < -0.4 is 4.90 Å². The number of aliphatic hydroxyl groups excluding tert-OH is 1. The molecule has 4 rings (SSSR count). The van der Waals surface area contributed by atoms with E-state index in [0.29, 0.717) is 43.7 Å². The van der Waals surface area contributed by atoms with Gasteiger partial charge in [-0.05, 0) is 42.2 Å². The van der Waals surface area contributed by atoms with E-state index in [1.807, 2.05) is 53.4 Å². The molecular weight excluding hydrogens is 388 g/mol. The fourth-order valence-electron chi connectivity index (χ4n) is 3.86. The van der Waals surface area contributed by atoms with Gasteiger partial charge in [-0.15, -0.1) is 0 Å². The first kappa shape index (κ1) is 20.2. The van der Waals surface area contributed by atoms with Crippen LogP contribution in [0.4, 0.5) is 5.69 Å². The molecule has 1 aliphatic carbocycles. The smallest absolute Gasteiger partial charge is 0.224 e. The third-order valence-electron chi connectivity index (χ3n) is 5.48. The van der Waals surface area contributed by atoms with Gasteiger partial charge in [0.25, 0.3) is 0 Å². The molecule has 1 atom stereocenters. The summed E-state index contributed by atoms with van der Waals surface area (Å²) in [5.41, 5.74) is 3.15. The third-order valence-corrected chi connectivity index (χ3v) is 5.71. The lowest BCUT2D eigenvalue weighted by Gasteiger charge is -2.34. The van der Waals surface area contributed by atoms with Crippen molar-refractivity contribution in [3.8, 4) is 0 Å². The van der Waals surface area contributed by atoms with Crippen LogP contribution in [0.5, 0.6) is 0 Å². The highest BCUT2D eigenvalue weighted by atomic mass is 35.5. The van der Waals surface area contributed by atoms with Crippen LogP contribution in [0, 0.1) is 0 Å². The van der Waals surface area contributed by atoms with Crippen molar-refractivity contribution >= 4 is 23.2 Å². The molecule has 2 aliphatic rings. The van der Waals surface area contributed by atoms with Gasteiger partial charge < -0.3 is 19.6 Å². The third kappa shape index (κ3) is 5.30. The van der Waals surface area contributed by atoms with Crippen molar-refractivity contribution in [3.05, 3.63) is 64.7 Å². The SMILES string of the molecule is O=C1CCN(C[C@@H](O)COCc2ccccc2)c2ccc(Cl)cc2CN1C1CC1. The molecule has 2 aromatic carbocycles. The second kappa shape index (κ2) is 9.16. The topological polar surface area (TPSA) is 53.0 Å². The van der Waals surface area contributed by atoms with Gasteiger partial charge in [0.1, 0.15) is 0 Å². The number of aliphatic hydroxyl groups is 1. The maximum absolute atomic E-state index is 12.7. The number of halogens is 1. The van der Waals surface area contributed by atoms with Crippen LogP contribution in [0.2, 0.25) is 5.02 Å². The zero-order chi connectivity index (χ0) is 20.2. The molecule has 0 radical (unpaired) electrons. The Hall–Kier alpha value is -2.08. The van der Waals surface area contributed by atoms with Gasteiger partial charge in [0.2, 0.25) is 5.91 Å². The second-order valence-corrected chi connectivity index (χ2v) is 8.31. The summed E-state index contributed by atoms with van der Waals surface area (Å²) >= 11 is 6.24. The summed E-state index contributed by atoms with van der Waals surface area (Å²) < 4.78 is 5.69. The average molecular weight is 415 g/mol. The lowest BCUT2D eigenvalue weighted by Crippen LogP contribution is -2.42. The van der Waals surface area contributed by atoms with Crippen LogP contribution in [0.15, 0.2) is 48.5 Å². The zero-order valence-electron chi connectivity index (χ0n) is 16.5. The van der Waals surface area contributed by atoms with Gasteiger partial charge in [-0.2, -0.15) is 0 Å². The quantitative estimate of drug-likeness (QED) is 0.751. The van der Waals surface area contributed by atoms with E-state index in [-0.39, 0.29) is 12.5 Å². The van der Waals surface area contributed by atoms with Crippen molar-refractivity contribution < 1.29 is 14.6 Å². The Labute approximate surface area is 176 Å². The van der Waals surface area contributed by atoms with Crippen LogP contribution >= 0.6 is 11.6 Å². The van der Waals surface area contributed by atoms with E-state index in [1.165, 1.54) is 0 Å². The molecule has 154 valence electrons. The van der Waals surface area contributed by atoms with Gasteiger partial charge in [-0.1, -0.05) is 41.9 Å². The number of β-amino-alcohol motifs (C(OH)–C–C–N with tert-alkyl or cyclic N) is 1. The number of benzene rings is 2. The fraction of sp³-hybridized carbons (Fsp3) is 0.435. The number of nitrogens with zero attached hydrogens (tertiary/aromatic N) is 2. The summed E-state index contributed by atoms with van der Waals surface area (Å²) in [5, 5.41) is 11.2. The number of ether oxygens (including phenoxy) is 1. The summed E-state index contributed by atoms with van der Waals surface area (Å²) in [6.45, 7) is 2.29. The Bertz CT molecular complexity index is 841. The molecule has 0 aromatic heterocycles. The van der Waals surface area contributed by atoms with E-state index in [9.17, 15) is 9.90 Å². The number of amides is 1. The minimum atomic E-state index is -0.642. The van der Waals surface area contributed by atoms with Gasteiger partial charge in [0.15, 0.2) is 0 Å². The minimum absolute atomic E-state index is 0.179. The molecule has 1 fully saturated rings. The molecule has 0 unspecified atom stereocenters. The first-order chi connectivity index (χ1) is 14.1. The Morgan fingerprint density at radius 2 is 1.97 bits per heavy atom. The van der Waals surface area contributed by atoms with Crippen molar-refractivity contribution in [2.75, 3.05) is 24.6 Å². The molecule has 1 N–H and O–H groups in total. The molecule has 0 bridgehead atoms. The lowest BCUT2D eigenvalue weighted by atomic mass is 10.1. The molecule has 1 heterocycles. The number of hydrogen-bond acceptors (Lipinski definition) is 4. The molecule has 5 nitrogen and oxygen atoms in total. The number of carbonyl (C=O) groups is 1. The van der Waals surface area contributed by atoms with Crippen molar-refractivity contribution in [1.29, 1.82) is 0 Å². The minimum Gasteiger partial charge on any atom is -0.389 e. The second-order valence-electron chi connectivity index (χ2n) is 7.88. The highest BCUT2D eigenvalue weighted by Crippen LogP contribution is 2.34. The van der Waals surface area contributed by atoms with Gasteiger partial charge in [0.05, 0.1) is 19.3 Å². The maximum atomic E-state index is 12.7. The number of rotatable bonds is 7. The largest absolute Gasteiger partial charge is 0.389 e. The van der Waals surface area contributed by atoms with E-state index in [4.69, 9.17) is 16.3 Å². The molecule has 1 amide bonds. The first-order valence-corrected chi connectivity index (χ1v) is 10.6. The van der Waals surface area contributed by atoms with E-state index in [2.05, 4.69) is 4.90 Å². The summed E-state index contributed by atoms with van der Waals surface area (Å²) in [6, 6.07) is 16.1. The predicted octanol–water partition coefficient (Wildman–Crippen LogP) is 3.62. The molecule has 2 aromatic rings. The highest BCUT2D eigenvalue weighted by molar-refractivity contribution is 6.30. The van der Waals surface area contributed by atoms with Crippen LogP contribution in [0.1, 0.15) is 30.4 Å². The Balaban J connectivity index is 1.42. The normalized spacial score (nSPS) is 18.2. The molecule has 0 saturated heterocycles. The molecule has 29 heavy (non-hydrogen) atoms. The molecule has 6 heteroatoms. The highest BCUT2D eigenvalue weighted by Gasteiger charge is 2.34. The molecule has 0 spiro atoms. The van der Waals surface area contributed by atoms with Crippen LogP contribution in [-0.2, 0) is 22.7 Å². The van der Waals surface area contributed by atoms with Crippen molar-refractivity contribution in [1.82, 2.24) is 4.90 Å². The number of hydrogen-bond donors (Lipinski definition) is 1. The molecule has 1 aliphatic heterocycles. The molecular formula is C23H27ClN2O3. The van der Waals surface area contributed by atoms with Crippen molar-refractivity contribution in [2.45, 2.75) is 44.6 Å². The Morgan fingerprint density at radius 3 is 2.72 bits per heavy atom. The average Bonchev–Trinajstić information content (AvgIpc) is 3.54.